The van der Waals surface area contributed by atoms with Crippen LogP contribution in [0.1, 0.15) is 21.5 Å². The summed E-state index contributed by atoms with van der Waals surface area (Å²) in [6, 6.07) is 10.9. The fourth-order valence-corrected chi connectivity index (χ4v) is 1.93. The van der Waals surface area contributed by atoms with Gasteiger partial charge in [0, 0.05) is 5.56 Å². The number of halogens is 3. The first-order chi connectivity index (χ1) is 11.8. The molecule has 0 radical (unpaired) electrons. The number of alkyl halides is 3. The molecule has 0 aliphatic heterocycles. The van der Waals surface area contributed by atoms with Crippen molar-refractivity contribution in [3.63, 3.8) is 0 Å². The minimum atomic E-state index is -4.50. The Balaban J connectivity index is 1.84. The monoisotopic (exact) mass is 352 g/mol. The Labute approximate surface area is 141 Å². The average Bonchev–Trinajstić information content (AvgIpc) is 2.57. The Morgan fingerprint density at radius 2 is 1.76 bits per heavy atom. The minimum Gasteiger partial charge on any atom is -0.484 e. The smallest absolute Gasteiger partial charge is 0.416 e. The van der Waals surface area contributed by atoms with Gasteiger partial charge in [-0.1, -0.05) is 23.8 Å². The van der Waals surface area contributed by atoms with E-state index in [-0.39, 0.29) is 5.75 Å². The van der Waals surface area contributed by atoms with Crippen molar-refractivity contribution in [2.45, 2.75) is 13.1 Å². The lowest BCUT2D eigenvalue weighted by atomic mass is 10.1. The lowest BCUT2D eigenvalue weighted by Gasteiger charge is -2.11. The number of ether oxygens (including phenoxy) is 1. The van der Waals surface area contributed by atoms with Crippen molar-refractivity contribution in [3.05, 3.63) is 65.2 Å². The largest absolute Gasteiger partial charge is 0.484 e. The third kappa shape index (κ3) is 5.52. The van der Waals surface area contributed by atoms with Crippen molar-refractivity contribution in [1.82, 2.24) is 10.9 Å². The molecule has 2 rings (SSSR count). The van der Waals surface area contributed by atoms with E-state index in [1.165, 1.54) is 12.1 Å². The number of carbonyl (C=O) groups excluding carboxylic acids is 2. The molecule has 5 nitrogen and oxygen atoms in total. The number of hydrogen-bond acceptors (Lipinski definition) is 3. The van der Waals surface area contributed by atoms with Gasteiger partial charge in [0.1, 0.15) is 5.75 Å². The Morgan fingerprint density at radius 1 is 1.04 bits per heavy atom. The molecule has 8 heteroatoms. The molecule has 2 aromatic carbocycles. The van der Waals surface area contributed by atoms with Gasteiger partial charge in [-0.2, -0.15) is 13.2 Å². The van der Waals surface area contributed by atoms with Crippen LogP contribution in [0.3, 0.4) is 0 Å². The van der Waals surface area contributed by atoms with Crippen LogP contribution in [0.2, 0.25) is 0 Å². The summed E-state index contributed by atoms with van der Waals surface area (Å²) in [7, 11) is 0. The van der Waals surface area contributed by atoms with Crippen LogP contribution in [0.15, 0.2) is 48.5 Å². The maximum absolute atomic E-state index is 12.6. The lowest BCUT2D eigenvalue weighted by molar-refractivity contribution is -0.137. The molecule has 0 saturated heterocycles. The van der Waals surface area contributed by atoms with Crippen LogP contribution in [0.5, 0.6) is 5.75 Å². The molecule has 0 aliphatic carbocycles. The summed E-state index contributed by atoms with van der Waals surface area (Å²) in [6.07, 6.45) is -4.50. The maximum Gasteiger partial charge on any atom is 0.416 e. The number of amides is 2. The summed E-state index contributed by atoms with van der Waals surface area (Å²) in [5.41, 5.74) is 4.69. The molecule has 0 bridgehead atoms. The molecule has 2 N–H and O–H groups in total. The van der Waals surface area contributed by atoms with Crippen molar-refractivity contribution in [2.24, 2.45) is 0 Å². The predicted octanol–water partition coefficient (Wildman–Crippen LogP) is 2.85. The zero-order valence-electron chi connectivity index (χ0n) is 13.2. The Hall–Kier alpha value is -3.03. The molecule has 0 unspecified atom stereocenters. The van der Waals surface area contributed by atoms with Crippen molar-refractivity contribution >= 4 is 11.8 Å². The van der Waals surface area contributed by atoms with Crippen molar-refractivity contribution in [2.75, 3.05) is 6.61 Å². The number of carbonyl (C=O) groups is 2. The molecular formula is C17H15F3N2O3. The topological polar surface area (TPSA) is 67.4 Å². The van der Waals surface area contributed by atoms with E-state index in [0.29, 0.717) is 5.56 Å². The fourth-order valence-electron chi connectivity index (χ4n) is 1.93. The van der Waals surface area contributed by atoms with Gasteiger partial charge in [-0.3, -0.25) is 20.4 Å². The van der Waals surface area contributed by atoms with Gasteiger partial charge in [-0.25, -0.2) is 0 Å². The highest BCUT2D eigenvalue weighted by molar-refractivity contribution is 5.95. The summed E-state index contributed by atoms with van der Waals surface area (Å²) in [6.45, 7) is 1.27. The summed E-state index contributed by atoms with van der Waals surface area (Å²) in [5.74, 6) is -1.33. The number of nitrogens with one attached hydrogen (secondary N) is 2. The van der Waals surface area contributed by atoms with E-state index < -0.39 is 30.2 Å². The van der Waals surface area contributed by atoms with Gasteiger partial charge < -0.3 is 4.74 Å². The van der Waals surface area contributed by atoms with Gasteiger partial charge in [-0.05, 0) is 37.3 Å². The Morgan fingerprint density at radius 3 is 2.44 bits per heavy atom. The van der Waals surface area contributed by atoms with Gasteiger partial charge in [0.05, 0.1) is 5.56 Å². The predicted molar refractivity (Wildman–Crippen MR) is 83.7 cm³/mol. The Kier molecular flexibility index (Phi) is 5.63. The zero-order chi connectivity index (χ0) is 18.4. The second kappa shape index (κ2) is 7.69. The number of rotatable bonds is 4. The van der Waals surface area contributed by atoms with E-state index in [9.17, 15) is 22.8 Å². The number of hydrogen-bond donors (Lipinski definition) is 2. The molecular weight excluding hydrogens is 337 g/mol. The minimum absolute atomic E-state index is 0.102. The molecule has 0 heterocycles. The van der Waals surface area contributed by atoms with Crippen LogP contribution in [0.4, 0.5) is 13.2 Å². The first-order valence-electron chi connectivity index (χ1n) is 7.21. The highest BCUT2D eigenvalue weighted by Crippen LogP contribution is 2.31. The van der Waals surface area contributed by atoms with Crippen LogP contribution in [-0.2, 0) is 11.0 Å². The third-order valence-electron chi connectivity index (χ3n) is 3.13. The van der Waals surface area contributed by atoms with E-state index in [2.05, 4.69) is 10.9 Å². The molecule has 0 spiro atoms. The zero-order valence-corrected chi connectivity index (χ0v) is 13.2. The first-order valence-corrected chi connectivity index (χ1v) is 7.21. The standard InChI is InChI=1S/C17H15F3N2O3/c1-11-4-2-5-12(8-11)16(24)22-21-15(23)10-25-14-7-3-6-13(9-14)17(18,19)20/h2-9H,10H2,1H3,(H,21,23)(H,22,24). The lowest BCUT2D eigenvalue weighted by Crippen LogP contribution is -2.43. The van der Waals surface area contributed by atoms with Crippen molar-refractivity contribution in [3.8, 4) is 5.75 Å². The summed E-state index contributed by atoms with van der Waals surface area (Å²) in [5, 5.41) is 0. The molecule has 0 fully saturated rings. The molecule has 132 valence electrons. The van der Waals surface area contributed by atoms with E-state index >= 15 is 0 Å². The highest BCUT2D eigenvalue weighted by Gasteiger charge is 2.30. The fraction of sp³-hybridized carbons (Fsp3) is 0.176. The normalized spacial score (nSPS) is 10.9. The van der Waals surface area contributed by atoms with Crippen LogP contribution in [0.25, 0.3) is 0 Å². The van der Waals surface area contributed by atoms with Crippen LogP contribution >= 0.6 is 0 Å². The number of hydrazine groups is 1. The van der Waals surface area contributed by atoms with Crippen LogP contribution < -0.4 is 15.6 Å². The van der Waals surface area contributed by atoms with Gasteiger partial charge in [-0.15, -0.1) is 0 Å². The van der Waals surface area contributed by atoms with E-state index in [0.717, 1.165) is 17.7 Å². The summed E-state index contributed by atoms with van der Waals surface area (Å²) < 4.78 is 42.7. The summed E-state index contributed by atoms with van der Waals surface area (Å²) >= 11 is 0. The molecule has 0 aliphatic rings. The molecule has 2 aromatic rings. The van der Waals surface area contributed by atoms with Gasteiger partial charge in [0.25, 0.3) is 11.8 Å². The molecule has 0 atom stereocenters. The molecule has 2 amide bonds. The molecule has 25 heavy (non-hydrogen) atoms. The highest BCUT2D eigenvalue weighted by atomic mass is 19.4. The number of benzene rings is 2. The second-order valence-corrected chi connectivity index (χ2v) is 5.19. The van der Waals surface area contributed by atoms with Crippen LogP contribution in [0, 0.1) is 6.92 Å². The van der Waals surface area contributed by atoms with Gasteiger partial charge >= 0.3 is 6.18 Å². The van der Waals surface area contributed by atoms with Crippen LogP contribution in [-0.4, -0.2) is 18.4 Å². The SMILES string of the molecule is Cc1cccc(C(=O)NNC(=O)COc2cccc(C(F)(F)F)c2)c1. The summed E-state index contributed by atoms with van der Waals surface area (Å²) in [4.78, 5) is 23.5. The van der Waals surface area contributed by atoms with Gasteiger partial charge in [0.15, 0.2) is 6.61 Å². The third-order valence-corrected chi connectivity index (χ3v) is 3.13. The second-order valence-electron chi connectivity index (χ2n) is 5.19. The molecule has 0 aromatic heterocycles. The van der Waals surface area contributed by atoms with E-state index in [1.807, 2.05) is 13.0 Å². The van der Waals surface area contributed by atoms with Crippen molar-refractivity contribution < 1.29 is 27.5 Å². The van der Waals surface area contributed by atoms with E-state index in [4.69, 9.17) is 4.74 Å². The molecule has 0 saturated carbocycles. The average molecular weight is 352 g/mol. The number of aryl methyl sites for hydroxylation is 1. The maximum atomic E-state index is 12.6. The van der Waals surface area contributed by atoms with E-state index in [1.54, 1.807) is 18.2 Å². The Bertz CT molecular complexity index is 776. The quantitative estimate of drug-likeness (QED) is 0.832. The van der Waals surface area contributed by atoms with Crippen molar-refractivity contribution in [1.29, 1.82) is 0 Å². The van der Waals surface area contributed by atoms with Gasteiger partial charge in [0.2, 0.25) is 0 Å². The first kappa shape index (κ1) is 18.3.